The van der Waals surface area contributed by atoms with Gasteiger partial charge in [-0.25, -0.2) is 4.79 Å². The molecule has 1 amide bonds. The van der Waals surface area contributed by atoms with Crippen LogP contribution in [0.15, 0.2) is 0 Å². The highest BCUT2D eigenvalue weighted by Crippen LogP contribution is 2.18. The summed E-state index contributed by atoms with van der Waals surface area (Å²) in [6, 6.07) is -0.0765. The normalized spacial score (nSPS) is 14.6. The standard InChI is InChI=1S/C11H24N2O2/c1-10(2,3)8(7-12)13-9(14)15-11(4,5)6/h8H,7,12H2,1-6H3,(H,13,14)/t8-/m1/s1. The number of amides is 1. The van der Waals surface area contributed by atoms with Gasteiger partial charge in [0.05, 0.1) is 0 Å². The van der Waals surface area contributed by atoms with Crippen molar-refractivity contribution < 1.29 is 9.53 Å². The van der Waals surface area contributed by atoms with Crippen molar-refractivity contribution in [1.29, 1.82) is 0 Å². The Morgan fingerprint density at radius 2 is 1.73 bits per heavy atom. The molecule has 0 aliphatic rings. The summed E-state index contributed by atoms with van der Waals surface area (Å²) in [7, 11) is 0. The summed E-state index contributed by atoms with van der Waals surface area (Å²) in [5.41, 5.74) is 5.07. The predicted octanol–water partition coefficient (Wildman–Crippen LogP) is 1.88. The van der Waals surface area contributed by atoms with Crippen LogP contribution in [0, 0.1) is 5.41 Å². The number of nitrogens with two attached hydrogens (primary N) is 1. The number of hydrogen-bond donors (Lipinski definition) is 2. The molecule has 90 valence electrons. The van der Waals surface area contributed by atoms with E-state index in [4.69, 9.17) is 10.5 Å². The van der Waals surface area contributed by atoms with E-state index < -0.39 is 11.7 Å². The third kappa shape index (κ3) is 6.33. The van der Waals surface area contributed by atoms with Gasteiger partial charge in [0.1, 0.15) is 5.60 Å². The number of carbonyl (C=O) groups excluding carboxylic acids is 1. The van der Waals surface area contributed by atoms with E-state index in [9.17, 15) is 4.79 Å². The van der Waals surface area contributed by atoms with E-state index in [2.05, 4.69) is 5.32 Å². The van der Waals surface area contributed by atoms with Gasteiger partial charge in [-0.3, -0.25) is 0 Å². The van der Waals surface area contributed by atoms with Crippen molar-refractivity contribution in [2.45, 2.75) is 53.2 Å². The number of carbonyl (C=O) groups is 1. The van der Waals surface area contributed by atoms with Gasteiger partial charge < -0.3 is 15.8 Å². The van der Waals surface area contributed by atoms with E-state index in [0.29, 0.717) is 6.54 Å². The van der Waals surface area contributed by atoms with Crippen LogP contribution >= 0.6 is 0 Å². The number of nitrogens with one attached hydrogen (secondary N) is 1. The summed E-state index contributed by atoms with van der Waals surface area (Å²) in [6.45, 7) is 12.0. The molecule has 1 atom stereocenters. The van der Waals surface area contributed by atoms with Gasteiger partial charge in [-0.05, 0) is 26.2 Å². The third-order valence-electron chi connectivity index (χ3n) is 1.97. The van der Waals surface area contributed by atoms with Crippen LogP contribution in [0.2, 0.25) is 0 Å². The monoisotopic (exact) mass is 216 g/mol. The van der Waals surface area contributed by atoms with Crippen LogP contribution in [0.1, 0.15) is 41.5 Å². The van der Waals surface area contributed by atoms with Crippen molar-refractivity contribution in [2.24, 2.45) is 11.1 Å². The number of rotatable bonds is 2. The van der Waals surface area contributed by atoms with E-state index in [-0.39, 0.29) is 11.5 Å². The predicted molar refractivity (Wildman–Crippen MR) is 61.7 cm³/mol. The Balaban J connectivity index is 4.27. The lowest BCUT2D eigenvalue weighted by Crippen LogP contribution is -2.49. The average molecular weight is 216 g/mol. The van der Waals surface area contributed by atoms with E-state index in [1.807, 2.05) is 41.5 Å². The minimum atomic E-state index is -0.471. The van der Waals surface area contributed by atoms with Crippen molar-refractivity contribution in [3.05, 3.63) is 0 Å². The molecule has 0 aliphatic heterocycles. The highest BCUT2D eigenvalue weighted by molar-refractivity contribution is 5.68. The Morgan fingerprint density at radius 1 is 1.27 bits per heavy atom. The molecule has 0 aromatic heterocycles. The minimum Gasteiger partial charge on any atom is -0.444 e. The zero-order valence-electron chi connectivity index (χ0n) is 10.7. The number of alkyl carbamates (subject to hydrolysis) is 1. The van der Waals surface area contributed by atoms with Crippen molar-refractivity contribution in [3.8, 4) is 0 Å². The van der Waals surface area contributed by atoms with Crippen LogP contribution < -0.4 is 11.1 Å². The maximum Gasteiger partial charge on any atom is 0.407 e. The lowest BCUT2D eigenvalue weighted by Gasteiger charge is -2.31. The fraction of sp³-hybridized carbons (Fsp3) is 0.909. The van der Waals surface area contributed by atoms with Crippen molar-refractivity contribution in [2.75, 3.05) is 6.54 Å². The highest BCUT2D eigenvalue weighted by atomic mass is 16.6. The molecule has 0 heterocycles. The molecular weight excluding hydrogens is 192 g/mol. The fourth-order valence-corrected chi connectivity index (χ4v) is 1.08. The maximum absolute atomic E-state index is 11.5. The first-order chi connectivity index (χ1) is 6.56. The molecule has 0 radical (unpaired) electrons. The Bertz CT molecular complexity index is 214. The van der Waals surface area contributed by atoms with Crippen LogP contribution in [0.3, 0.4) is 0 Å². The molecule has 0 saturated carbocycles. The molecule has 0 aromatic rings. The molecule has 3 N–H and O–H groups in total. The molecule has 0 spiro atoms. The van der Waals surface area contributed by atoms with Gasteiger partial charge in [-0.1, -0.05) is 20.8 Å². The molecule has 15 heavy (non-hydrogen) atoms. The Morgan fingerprint density at radius 3 is 2.00 bits per heavy atom. The molecule has 0 bridgehead atoms. The molecular formula is C11H24N2O2. The second-order valence-corrected chi connectivity index (χ2v) is 5.80. The maximum atomic E-state index is 11.5. The van der Waals surface area contributed by atoms with Gasteiger partial charge in [-0.15, -0.1) is 0 Å². The van der Waals surface area contributed by atoms with Crippen LogP contribution in [0.4, 0.5) is 4.79 Å². The first kappa shape index (κ1) is 14.2. The van der Waals surface area contributed by atoms with Crippen LogP contribution in [-0.2, 0) is 4.74 Å². The van der Waals surface area contributed by atoms with E-state index >= 15 is 0 Å². The van der Waals surface area contributed by atoms with Crippen molar-refractivity contribution in [3.63, 3.8) is 0 Å². The van der Waals surface area contributed by atoms with Crippen molar-refractivity contribution in [1.82, 2.24) is 5.32 Å². The highest BCUT2D eigenvalue weighted by Gasteiger charge is 2.26. The quantitative estimate of drug-likeness (QED) is 0.740. The Kier molecular flexibility index (Phi) is 4.59. The van der Waals surface area contributed by atoms with Gasteiger partial charge in [-0.2, -0.15) is 0 Å². The summed E-state index contributed by atoms with van der Waals surface area (Å²) < 4.78 is 5.16. The summed E-state index contributed by atoms with van der Waals surface area (Å²) in [4.78, 5) is 11.5. The molecule has 0 fully saturated rings. The Labute approximate surface area is 92.6 Å². The molecule has 0 aliphatic carbocycles. The molecule has 0 saturated heterocycles. The van der Waals surface area contributed by atoms with Crippen LogP contribution in [0.5, 0.6) is 0 Å². The molecule has 0 aromatic carbocycles. The molecule has 0 rings (SSSR count). The summed E-state index contributed by atoms with van der Waals surface area (Å²) in [5.74, 6) is 0. The fourth-order valence-electron chi connectivity index (χ4n) is 1.08. The zero-order valence-corrected chi connectivity index (χ0v) is 10.7. The zero-order chi connectivity index (χ0) is 12.3. The molecule has 4 heteroatoms. The van der Waals surface area contributed by atoms with E-state index in [1.165, 1.54) is 0 Å². The lowest BCUT2D eigenvalue weighted by molar-refractivity contribution is 0.0468. The van der Waals surface area contributed by atoms with Gasteiger partial charge in [0.25, 0.3) is 0 Å². The van der Waals surface area contributed by atoms with E-state index in [0.717, 1.165) is 0 Å². The number of ether oxygens (including phenoxy) is 1. The lowest BCUT2D eigenvalue weighted by atomic mass is 9.87. The minimum absolute atomic E-state index is 0.0638. The third-order valence-corrected chi connectivity index (χ3v) is 1.97. The number of hydrogen-bond acceptors (Lipinski definition) is 3. The first-order valence-electron chi connectivity index (χ1n) is 5.26. The second-order valence-electron chi connectivity index (χ2n) is 5.80. The van der Waals surface area contributed by atoms with E-state index in [1.54, 1.807) is 0 Å². The topological polar surface area (TPSA) is 64.3 Å². The molecule has 0 unspecified atom stereocenters. The first-order valence-corrected chi connectivity index (χ1v) is 5.26. The SMILES string of the molecule is CC(C)(C)OC(=O)N[C@H](CN)C(C)(C)C. The summed E-state index contributed by atoms with van der Waals surface area (Å²) in [5, 5.41) is 2.78. The largest absolute Gasteiger partial charge is 0.444 e. The second kappa shape index (κ2) is 4.84. The van der Waals surface area contributed by atoms with Crippen LogP contribution in [-0.4, -0.2) is 24.3 Å². The summed E-state index contributed by atoms with van der Waals surface area (Å²) in [6.07, 6.45) is -0.409. The smallest absolute Gasteiger partial charge is 0.407 e. The Hall–Kier alpha value is -0.770. The van der Waals surface area contributed by atoms with Gasteiger partial charge in [0.2, 0.25) is 0 Å². The van der Waals surface area contributed by atoms with Gasteiger partial charge in [0.15, 0.2) is 0 Å². The van der Waals surface area contributed by atoms with Gasteiger partial charge in [0, 0.05) is 12.6 Å². The molecule has 4 nitrogen and oxygen atoms in total. The van der Waals surface area contributed by atoms with Crippen LogP contribution in [0.25, 0.3) is 0 Å². The average Bonchev–Trinajstić information content (AvgIpc) is 1.94. The summed E-state index contributed by atoms with van der Waals surface area (Å²) >= 11 is 0. The van der Waals surface area contributed by atoms with Crippen molar-refractivity contribution >= 4 is 6.09 Å². The van der Waals surface area contributed by atoms with Gasteiger partial charge >= 0.3 is 6.09 Å².